The molecule has 1 fully saturated rings. The molecule has 3 aromatic rings. The van der Waals surface area contributed by atoms with E-state index >= 15 is 0 Å². The van der Waals surface area contributed by atoms with Gasteiger partial charge in [-0.3, -0.25) is 19.2 Å². The molecule has 0 amide bonds. The zero-order valence-electron chi connectivity index (χ0n) is 18.4. The molecule has 8 heteroatoms. The van der Waals surface area contributed by atoms with E-state index in [1.54, 1.807) is 17.7 Å². The maximum absolute atomic E-state index is 13.2. The quantitative estimate of drug-likeness (QED) is 0.610. The second kappa shape index (κ2) is 8.68. The summed E-state index contributed by atoms with van der Waals surface area (Å²) in [7, 11) is 0. The van der Waals surface area contributed by atoms with E-state index in [0.29, 0.717) is 6.54 Å². The van der Waals surface area contributed by atoms with Crippen LogP contribution >= 0.6 is 11.3 Å². The molecule has 0 N–H and O–H groups in total. The van der Waals surface area contributed by atoms with Gasteiger partial charge >= 0.3 is 0 Å². The summed E-state index contributed by atoms with van der Waals surface area (Å²) in [5.41, 5.74) is 2.44. The van der Waals surface area contributed by atoms with Gasteiger partial charge in [0.25, 0.3) is 5.56 Å². The summed E-state index contributed by atoms with van der Waals surface area (Å²) in [6.45, 7) is 12.7. The predicted octanol–water partition coefficient (Wildman–Crippen LogP) is 2.36. The molecular formula is C23H30N6OS. The lowest BCUT2D eigenvalue weighted by Crippen LogP contribution is -2.47. The molecule has 0 aromatic carbocycles. The first-order valence-corrected chi connectivity index (χ1v) is 12.1. The van der Waals surface area contributed by atoms with Crippen LogP contribution in [0.2, 0.25) is 0 Å². The second-order valence-electron chi connectivity index (χ2n) is 8.51. The third kappa shape index (κ3) is 4.12. The molecule has 2 aliphatic heterocycles. The molecule has 0 atom stereocenters. The molecule has 5 rings (SSSR count). The first-order valence-electron chi connectivity index (χ1n) is 11.3. The van der Waals surface area contributed by atoms with Gasteiger partial charge in [0.2, 0.25) is 0 Å². The number of hydrogen-bond acceptors (Lipinski definition) is 7. The largest absolute Gasteiger partial charge is 0.354 e. The van der Waals surface area contributed by atoms with Gasteiger partial charge in [0, 0.05) is 62.9 Å². The summed E-state index contributed by atoms with van der Waals surface area (Å²) in [5, 5.41) is 0.869. The van der Waals surface area contributed by atoms with Crippen LogP contribution < -0.4 is 10.5 Å². The lowest BCUT2D eigenvalue weighted by Gasteiger charge is -2.35. The maximum Gasteiger partial charge on any atom is 0.262 e. The van der Waals surface area contributed by atoms with Gasteiger partial charge in [0.1, 0.15) is 10.6 Å². The minimum absolute atomic E-state index is 0.134. The summed E-state index contributed by atoms with van der Waals surface area (Å²) < 4.78 is 1.82. The summed E-state index contributed by atoms with van der Waals surface area (Å²) in [6, 6.07) is 6.19. The van der Waals surface area contributed by atoms with Crippen LogP contribution in [0, 0.1) is 6.92 Å². The summed E-state index contributed by atoms with van der Waals surface area (Å²) >= 11 is 1.70. The van der Waals surface area contributed by atoms with E-state index in [1.807, 2.05) is 17.6 Å². The predicted molar refractivity (Wildman–Crippen MR) is 126 cm³/mol. The van der Waals surface area contributed by atoms with Crippen molar-refractivity contribution in [3.05, 3.63) is 51.0 Å². The second-order valence-corrected chi connectivity index (χ2v) is 9.60. The summed E-state index contributed by atoms with van der Waals surface area (Å²) in [4.78, 5) is 32.0. The van der Waals surface area contributed by atoms with Crippen molar-refractivity contribution in [2.75, 3.05) is 50.7 Å². The fourth-order valence-electron chi connectivity index (χ4n) is 4.66. The number of anilines is 1. The van der Waals surface area contributed by atoms with E-state index in [0.717, 1.165) is 80.5 Å². The van der Waals surface area contributed by atoms with Crippen molar-refractivity contribution in [2.45, 2.75) is 33.4 Å². The lowest BCUT2D eigenvalue weighted by molar-refractivity contribution is 0.246. The van der Waals surface area contributed by atoms with Gasteiger partial charge in [-0.1, -0.05) is 13.0 Å². The van der Waals surface area contributed by atoms with E-state index in [9.17, 15) is 4.79 Å². The fraction of sp³-hybridized carbons (Fsp3) is 0.522. The van der Waals surface area contributed by atoms with Crippen LogP contribution in [0.4, 0.5) is 5.82 Å². The van der Waals surface area contributed by atoms with Crippen LogP contribution in [0.25, 0.3) is 10.2 Å². The van der Waals surface area contributed by atoms with Crippen LogP contribution in [0.15, 0.2) is 29.3 Å². The monoisotopic (exact) mass is 438 g/mol. The smallest absolute Gasteiger partial charge is 0.262 e. The van der Waals surface area contributed by atoms with E-state index < -0.39 is 0 Å². The van der Waals surface area contributed by atoms with Gasteiger partial charge in [-0.05, 0) is 37.6 Å². The van der Waals surface area contributed by atoms with Gasteiger partial charge in [-0.15, -0.1) is 11.3 Å². The summed E-state index contributed by atoms with van der Waals surface area (Å²) in [6.07, 6.45) is 2.70. The molecule has 31 heavy (non-hydrogen) atoms. The van der Waals surface area contributed by atoms with Crippen molar-refractivity contribution >= 4 is 27.4 Å². The van der Waals surface area contributed by atoms with E-state index in [-0.39, 0.29) is 5.56 Å². The average molecular weight is 439 g/mol. The third-order valence-electron chi connectivity index (χ3n) is 6.58. The molecule has 0 bridgehead atoms. The maximum atomic E-state index is 13.2. The number of likely N-dealkylation sites (N-methyl/N-ethyl adjacent to an activating group) is 1. The van der Waals surface area contributed by atoms with Crippen molar-refractivity contribution in [1.82, 2.24) is 24.3 Å². The van der Waals surface area contributed by atoms with Crippen LogP contribution in [0.1, 0.15) is 23.1 Å². The number of aromatic nitrogens is 3. The molecular weight excluding hydrogens is 408 g/mol. The highest BCUT2D eigenvalue weighted by Gasteiger charge is 2.23. The van der Waals surface area contributed by atoms with Crippen molar-refractivity contribution < 1.29 is 0 Å². The van der Waals surface area contributed by atoms with Crippen molar-refractivity contribution in [3.8, 4) is 0 Å². The number of piperazine rings is 1. The fourth-order valence-corrected chi connectivity index (χ4v) is 5.88. The number of rotatable bonds is 5. The molecule has 7 nitrogen and oxygen atoms in total. The molecule has 0 radical (unpaired) electrons. The zero-order valence-corrected chi connectivity index (χ0v) is 19.2. The Morgan fingerprint density at radius 1 is 1.06 bits per heavy atom. The Morgan fingerprint density at radius 3 is 2.68 bits per heavy atom. The molecule has 164 valence electrons. The Hall–Kier alpha value is -2.29. The average Bonchev–Trinajstić information content (AvgIpc) is 3.17. The van der Waals surface area contributed by atoms with Gasteiger partial charge < -0.3 is 4.90 Å². The number of nitrogens with zero attached hydrogens (tertiary/aromatic N) is 6. The molecule has 0 unspecified atom stereocenters. The van der Waals surface area contributed by atoms with Gasteiger partial charge in [-0.25, -0.2) is 9.97 Å². The number of aryl methyl sites for hydroxylation is 1. The molecule has 2 aliphatic rings. The van der Waals surface area contributed by atoms with Crippen molar-refractivity contribution in [1.29, 1.82) is 0 Å². The minimum Gasteiger partial charge on any atom is -0.354 e. The van der Waals surface area contributed by atoms with Crippen LogP contribution in [0.5, 0.6) is 0 Å². The SMILES string of the molecule is CCN1CCc2c(sc3ncn(CCN4CCN(c5cccc(C)n5)CC4)c(=O)c23)C1. The highest BCUT2D eigenvalue weighted by Crippen LogP contribution is 2.32. The summed E-state index contributed by atoms with van der Waals surface area (Å²) in [5.74, 6) is 1.06. The number of fused-ring (bicyclic) bond motifs is 3. The van der Waals surface area contributed by atoms with E-state index in [4.69, 9.17) is 0 Å². The van der Waals surface area contributed by atoms with E-state index in [1.165, 1.54) is 10.4 Å². The standard InChI is InChI=1S/C23H30N6OS/c1-3-26-8-7-18-19(15-26)31-22-21(18)23(30)29(16-24-22)14-11-27-9-12-28(13-10-27)20-6-4-5-17(2)25-20/h4-6,16H,3,7-15H2,1-2H3. The Labute approximate surface area is 186 Å². The van der Waals surface area contributed by atoms with Crippen LogP contribution in [0.3, 0.4) is 0 Å². The van der Waals surface area contributed by atoms with Crippen molar-refractivity contribution in [2.24, 2.45) is 0 Å². The van der Waals surface area contributed by atoms with Crippen LogP contribution in [-0.4, -0.2) is 70.1 Å². The van der Waals surface area contributed by atoms with Gasteiger partial charge in [0.05, 0.1) is 11.7 Å². The van der Waals surface area contributed by atoms with Crippen molar-refractivity contribution in [3.63, 3.8) is 0 Å². The van der Waals surface area contributed by atoms with Crippen LogP contribution in [-0.2, 0) is 19.5 Å². The van der Waals surface area contributed by atoms with E-state index in [2.05, 4.69) is 43.7 Å². The molecule has 1 saturated heterocycles. The molecule has 0 aliphatic carbocycles. The lowest BCUT2D eigenvalue weighted by atomic mass is 10.1. The normalized spacial score (nSPS) is 17.9. The Kier molecular flexibility index (Phi) is 5.77. The molecule has 0 spiro atoms. The molecule has 5 heterocycles. The van der Waals surface area contributed by atoms with Gasteiger partial charge in [-0.2, -0.15) is 0 Å². The first kappa shape index (κ1) is 20.6. The number of hydrogen-bond donors (Lipinski definition) is 0. The minimum atomic E-state index is 0.134. The Bertz CT molecular complexity index is 1130. The zero-order chi connectivity index (χ0) is 21.4. The topological polar surface area (TPSA) is 57.5 Å². The Balaban J connectivity index is 1.25. The first-order chi connectivity index (χ1) is 15.1. The number of thiophene rings is 1. The Morgan fingerprint density at radius 2 is 1.90 bits per heavy atom. The van der Waals surface area contributed by atoms with Gasteiger partial charge in [0.15, 0.2) is 0 Å². The number of pyridine rings is 1. The highest BCUT2D eigenvalue weighted by molar-refractivity contribution is 7.18. The highest BCUT2D eigenvalue weighted by atomic mass is 32.1. The molecule has 0 saturated carbocycles. The third-order valence-corrected chi connectivity index (χ3v) is 7.71. The molecule has 3 aromatic heterocycles.